The Balaban J connectivity index is 1.84. The van der Waals surface area contributed by atoms with Gasteiger partial charge in [0.2, 0.25) is 0 Å². The Morgan fingerprint density at radius 1 is 0.655 bits per heavy atom. The van der Waals surface area contributed by atoms with Gasteiger partial charge in [0, 0.05) is 6.42 Å². The van der Waals surface area contributed by atoms with Gasteiger partial charge in [-0.2, -0.15) is 0 Å². The lowest BCUT2D eigenvalue weighted by Gasteiger charge is -2.09. The smallest absolute Gasteiger partial charge is 0.118 e. The molecule has 6 heteroatoms. The van der Waals surface area contributed by atoms with Crippen molar-refractivity contribution in [2.45, 2.75) is 6.42 Å². The van der Waals surface area contributed by atoms with Crippen molar-refractivity contribution in [1.82, 2.24) is 0 Å². The first-order valence-electron chi connectivity index (χ1n) is 9.00. The molecular weight excluding hydrogens is 407 g/mol. The maximum atomic E-state index is 6.24. The lowest BCUT2D eigenvalue weighted by molar-refractivity contribution is 0.414. The van der Waals surface area contributed by atoms with Gasteiger partial charge in [0.05, 0.1) is 47.1 Å². The molecule has 0 radical (unpaired) electrons. The fraction of sp³-hybridized carbons (Fsp3) is 0.130. The number of benzene rings is 3. The van der Waals surface area contributed by atoms with Crippen molar-refractivity contribution in [3.8, 4) is 11.5 Å². The van der Waals surface area contributed by atoms with E-state index in [9.17, 15) is 0 Å². The summed E-state index contributed by atoms with van der Waals surface area (Å²) >= 11 is 12.5. The molecule has 0 unspecified atom stereocenters. The quantitative estimate of drug-likeness (QED) is 0.469. The van der Waals surface area contributed by atoms with Crippen molar-refractivity contribution < 1.29 is 9.47 Å². The van der Waals surface area contributed by atoms with Crippen LogP contribution in [-0.4, -0.2) is 25.6 Å². The second-order valence-electron chi connectivity index (χ2n) is 6.51. The van der Waals surface area contributed by atoms with Crippen molar-refractivity contribution in [1.29, 1.82) is 0 Å². The van der Waals surface area contributed by atoms with Crippen LogP contribution >= 0.6 is 23.2 Å². The van der Waals surface area contributed by atoms with E-state index < -0.39 is 0 Å². The number of hydrogen-bond donors (Lipinski definition) is 0. The standard InChI is InChI=1S/C23H18Cl2N2O2/c1-28-16-7-3-14(4-8-16)20-13-21(15-5-9-17(29-2)10-6-15)27-23-12-19(25)18(24)11-22(23)26-20/h3-12H,13H2,1-2H3. The molecule has 0 atom stereocenters. The zero-order chi connectivity index (χ0) is 20.4. The van der Waals surface area contributed by atoms with Gasteiger partial charge in [-0.3, -0.25) is 9.98 Å². The van der Waals surface area contributed by atoms with Crippen LogP contribution < -0.4 is 9.47 Å². The maximum absolute atomic E-state index is 6.24. The molecule has 0 aromatic heterocycles. The predicted octanol–water partition coefficient (Wildman–Crippen LogP) is 6.66. The first-order valence-corrected chi connectivity index (χ1v) is 9.76. The molecule has 4 nitrogen and oxygen atoms in total. The molecule has 0 fully saturated rings. The van der Waals surface area contributed by atoms with Gasteiger partial charge in [-0.25, -0.2) is 0 Å². The Labute approximate surface area is 179 Å². The van der Waals surface area contributed by atoms with Gasteiger partial charge in [0.25, 0.3) is 0 Å². The van der Waals surface area contributed by atoms with Gasteiger partial charge < -0.3 is 9.47 Å². The van der Waals surface area contributed by atoms with E-state index in [-0.39, 0.29) is 0 Å². The number of ether oxygens (including phenoxy) is 2. The van der Waals surface area contributed by atoms with Gasteiger partial charge in [-0.15, -0.1) is 0 Å². The van der Waals surface area contributed by atoms with E-state index in [0.29, 0.717) is 27.8 Å². The highest BCUT2D eigenvalue weighted by Crippen LogP contribution is 2.39. The van der Waals surface area contributed by atoms with E-state index in [2.05, 4.69) is 0 Å². The lowest BCUT2D eigenvalue weighted by Crippen LogP contribution is -2.09. The molecule has 146 valence electrons. The van der Waals surface area contributed by atoms with Crippen molar-refractivity contribution in [3.63, 3.8) is 0 Å². The number of hydrogen-bond acceptors (Lipinski definition) is 4. The van der Waals surface area contributed by atoms with Crippen LogP contribution in [0.3, 0.4) is 0 Å². The summed E-state index contributed by atoms with van der Waals surface area (Å²) in [6, 6.07) is 19.2. The first kappa shape index (κ1) is 19.5. The van der Waals surface area contributed by atoms with E-state index in [4.69, 9.17) is 42.7 Å². The predicted molar refractivity (Wildman–Crippen MR) is 119 cm³/mol. The average molecular weight is 425 g/mol. The molecule has 0 spiro atoms. The zero-order valence-electron chi connectivity index (χ0n) is 15.9. The summed E-state index contributed by atoms with van der Waals surface area (Å²) in [7, 11) is 3.29. The Morgan fingerprint density at radius 3 is 1.38 bits per heavy atom. The Hall–Kier alpha value is -2.82. The summed E-state index contributed by atoms with van der Waals surface area (Å²) in [6.07, 6.45) is 0.558. The number of halogens is 2. The molecule has 3 aromatic rings. The van der Waals surface area contributed by atoms with E-state index in [1.54, 1.807) is 26.4 Å². The van der Waals surface area contributed by atoms with Crippen molar-refractivity contribution in [2.75, 3.05) is 14.2 Å². The minimum Gasteiger partial charge on any atom is -0.497 e. The zero-order valence-corrected chi connectivity index (χ0v) is 17.5. The molecule has 4 rings (SSSR count). The number of aliphatic imine (C=N–C) groups is 2. The summed E-state index contributed by atoms with van der Waals surface area (Å²) in [5, 5.41) is 0.901. The van der Waals surface area contributed by atoms with Gasteiger partial charge >= 0.3 is 0 Å². The highest BCUT2D eigenvalue weighted by atomic mass is 35.5. The van der Waals surface area contributed by atoms with Crippen LogP contribution in [0.4, 0.5) is 11.4 Å². The molecule has 0 aliphatic carbocycles. The molecule has 0 bridgehead atoms. The summed E-state index contributed by atoms with van der Waals surface area (Å²) in [5.74, 6) is 1.59. The van der Waals surface area contributed by atoms with Gasteiger partial charge in [-0.05, 0) is 71.8 Å². The Morgan fingerprint density at radius 2 is 1.03 bits per heavy atom. The van der Waals surface area contributed by atoms with E-state index in [1.165, 1.54) is 0 Å². The Kier molecular flexibility index (Phi) is 5.56. The lowest BCUT2D eigenvalue weighted by atomic mass is 10.00. The Bertz CT molecular complexity index is 1020. The van der Waals surface area contributed by atoms with E-state index >= 15 is 0 Å². The van der Waals surface area contributed by atoms with Gasteiger partial charge in [0.1, 0.15) is 11.5 Å². The van der Waals surface area contributed by atoms with E-state index in [1.807, 2.05) is 48.5 Å². The molecule has 1 aliphatic heterocycles. The SMILES string of the molecule is COc1ccc(C2=Nc3cc(Cl)c(Cl)cc3N=C(c3ccc(OC)cc3)C2)cc1. The first-order chi connectivity index (χ1) is 14.1. The molecule has 3 aromatic carbocycles. The summed E-state index contributed by atoms with van der Waals surface area (Å²) in [4.78, 5) is 9.74. The summed E-state index contributed by atoms with van der Waals surface area (Å²) < 4.78 is 10.5. The molecule has 29 heavy (non-hydrogen) atoms. The number of methoxy groups -OCH3 is 2. The number of fused-ring (bicyclic) bond motifs is 1. The number of rotatable bonds is 4. The topological polar surface area (TPSA) is 43.2 Å². The van der Waals surface area contributed by atoms with Gasteiger partial charge in [0.15, 0.2) is 0 Å². The minimum absolute atomic E-state index is 0.450. The maximum Gasteiger partial charge on any atom is 0.118 e. The molecule has 0 saturated heterocycles. The molecule has 0 amide bonds. The third-order valence-electron chi connectivity index (χ3n) is 4.71. The third kappa shape index (κ3) is 4.14. The molecule has 0 saturated carbocycles. The highest BCUT2D eigenvalue weighted by molar-refractivity contribution is 6.42. The van der Waals surface area contributed by atoms with Crippen LogP contribution in [-0.2, 0) is 0 Å². The number of nitrogens with zero attached hydrogens (tertiary/aromatic N) is 2. The molecular formula is C23H18Cl2N2O2. The van der Waals surface area contributed by atoms with Crippen LogP contribution in [0.5, 0.6) is 11.5 Å². The van der Waals surface area contributed by atoms with Crippen LogP contribution in [0.25, 0.3) is 0 Å². The van der Waals surface area contributed by atoms with E-state index in [0.717, 1.165) is 34.0 Å². The molecule has 0 N–H and O–H groups in total. The summed E-state index contributed by atoms with van der Waals surface area (Å²) in [6.45, 7) is 0. The van der Waals surface area contributed by atoms with Crippen LogP contribution in [0.2, 0.25) is 10.0 Å². The second-order valence-corrected chi connectivity index (χ2v) is 7.32. The van der Waals surface area contributed by atoms with Crippen LogP contribution in [0.1, 0.15) is 17.5 Å². The largest absolute Gasteiger partial charge is 0.497 e. The molecule has 1 heterocycles. The van der Waals surface area contributed by atoms with Crippen molar-refractivity contribution in [3.05, 3.63) is 81.8 Å². The van der Waals surface area contributed by atoms with Crippen LogP contribution in [0.15, 0.2) is 70.6 Å². The average Bonchev–Trinajstić information content (AvgIpc) is 2.94. The normalized spacial score (nSPS) is 13.1. The van der Waals surface area contributed by atoms with Crippen LogP contribution in [0, 0.1) is 0 Å². The third-order valence-corrected chi connectivity index (χ3v) is 5.43. The minimum atomic E-state index is 0.450. The van der Waals surface area contributed by atoms with Crippen molar-refractivity contribution >= 4 is 46.0 Å². The summed E-state index contributed by atoms with van der Waals surface area (Å²) in [5.41, 5.74) is 5.14. The van der Waals surface area contributed by atoms with Gasteiger partial charge in [-0.1, -0.05) is 23.2 Å². The fourth-order valence-corrected chi connectivity index (χ4v) is 3.45. The highest BCUT2D eigenvalue weighted by Gasteiger charge is 2.18. The van der Waals surface area contributed by atoms with Crippen molar-refractivity contribution in [2.24, 2.45) is 9.98 Å². The monoisotopic (exact) mass is 424 g/mol. The second kappa shape index (κ2) is 8.27. The molecule has 1 aliphatic rings. The fourth-order valence-electron chi connectivity index (χ4n) is 3.13.